The van der Waals surface area contributed by atoms with Crippen molar-refractivity contribution in [2.45, 2.75) is 76.9 Å². The summed E-state index contributed by atoms with van der Waals surface area (Å²) in [6, 6.07) is 0. The summed E-state index contributed by atoms with van der Waals surface area (Å²) in [6.07, 6.45) is 9.28. The Bertz CT molecular complexity index is 443. The second kappa shape index (κ2) is 13.8. The molecule has 0 aromatic heterocycles. The van der Waals surface area contributed by atoms with Crippen LogP contribution in [-0.4, -0.2) is 64.7 Å². The van der Waals surface area contributed by atoms with E-state index in [0.29, 0.717) is 0 Å². The zero-order valence-corrected chi connectivity index (χ0v) is 16.2. The highest BCUT2D eigenvalue weighted by molar-refractivity contribution is 6.59. The molecule has 0 aliphatic carbocycles. The summed E-state index contributed by atoms with van der Waals surface area (Å²) >= 11 is 0. The van der Waals surface area contributed by atoms with Gasteiger partial charge in [0.05, 0.1) is 30.1 Å². The third kappa shape index (κ3) is 12.0. The van der Waals surface area contributed by atoms with Crippen LogP contribution in [-0.2, 0) is 14.3 Å². The number of amides is 1. The molecule has 0 spiro atoms. The van der Waals surface area contributed by atoms with Gasteiger partial charge in [0.2, 0.25) is 5.91 Å². The van der Waals surface area contributed by atoms with Gasteiger partial charge in [-0.05, 0) is 13.3 Å². The standard InChI is InChI=1S/C17H30B3N3O3/c1-3-5-6-7-8-9-10-11-12-14(24)22-16(21)23(17(18,19)20)13-15(25)26-4-2/h3-13H2,1-2H3,(H2,21,22,24). The van der Waals surface area contributed by atoms with Gasteiger partial charge in [-0.1, -0.05) is 57.1 Å². The van der Waals surface area contributed by atoms with Crippen molar-refractivity contribution >= 4 is 41.4 Å². The van der Waals surface area contributed by atoms with Crippen LogP contribution in [0, 0.1) is 5.41 Å². The highest BCUT2D eigenvalue weighted by Gasteiger charge is 2.26. The van der Waals surface area contributed by atoms with Crippen LogP contribution in [0.15, 0.2) is 0 Å². The van der Waals surface area contributed by atoms with Gasteiger partial charge in [0.25, 0.3) is 0 Å². The average Bonchev–Trinajstić information content (AvgIpc) is 2.54. The molecule has 6 radical (unpaired) electrons. The maximum Gasteiger partial charge on any atom is 0.325 e. The predicted molar refractivity (Wildman–Crippen MR) is 106 cm³/mol. The van der Waals surface area contributed by atoms with Crippen LogP contribution < -0.4 is 5.32 Å². The lowest BCUT2D eigenvalue weighted by molar-refractivity contribution is -0.143. The highest BCUT2D eigenvalue weighted by atomic mass is 16.5. The van der Waals surface area contributed by atoms with E-state index in [-0.39, 0.29) is 18.9 Å². The molecule has 0 aromatic carbocycles. The Morgan fingerprint density at radius 3 is 2.04 bits per heavy atom. The number of guanidine groups is 1. The molecule has 0 heterocycles. The van der Waals surface area contributed by atoms with Gasteiger partial charge in [0, 0.05) is 6.42 Å². The van der Waals surface area contributed by atoms with Crippen LogP contribution in [0.1, 0.15) is 71.6 Å². The Kier molecular flexibility index (Phi) is 13.0. The van der Waals surface area contributed by atoms with Crippen molar-refractivity contribution in [3.05, 3.63) is 0 Å². The predicted octanol–water partition coefficient (Wildman–Crippen LogP) is 1.55. The molecular weight excluding hydrogens is 327 g/mol. The van der Waals surface area contributed by atoms with E-state index in [4.69, 9.17) is 33.7 Å². The number of nitrogens with zero attached hydrogens (tertiary/aromatic N) is 1. The zero-order valence-electron chi connectivity index (χ0n) is 16.2. The third-order valence-electron chi connectivity index (χ3n) is 3.85. The number of unbranched alkanes of at least 4 members (excludes halogenated alkanes) is 7. The smallest absolute Gasteiger partial charge is 0.325 e. The lowest BCUT2D eigenvalue weighted by Crippen LogP contribution is -2.59. The monoisotopic (exact) mass is 357 g/mol. The largest absolute Gasteiger partial charge is 0.465 e. The average molecular weight is 357 g/mol. The van der Waals surface area contributed by atoms with Crippen molar-refractivity contribution in [1.82, 2.24) is 10.2 Å². The summed E-state index contributed by atoms with van der Waals surface area (Å²) in [5.41, 5.74) is 0. The first kappa shape index (κ1) is 24.6. The summed E-state index contributed by atoms with van der Waals surface area (Å²) in [5.74, 6) is -1.39. The first-order valence-corrected chi connectivity index (χ1v) is 9.40. The van der Waals surface area contributed by atoms with Crippen molar-refractivity contribution in [2.24, 2.45) is 0 Å². The van der Waals surface area contributed by atoms with E-state index in [1.165, 1.54) is 32.1 Å². The summed E-state index contributed by atoms with van der Waals surface area (Å²) in [4.78, 5) is 24.4. The van der Waals surface area contributed by atoms with E-state index in [2.05, 4.69) is 12.2 Å². The van der Waals surface area contributed by atoms with Crippen LogP contribution >= 0.6 is 0 Å². The molecule has 0 saturated carbocycles. The first-order valence-electron chi connectivity index (χ1n) is 9.40. The first-order chi connectivity index (χ1) is 12.2. The maximum atomic E-state index is 12.0. The van der Waals surface area contributed by atoms with Crippen molar-refractivity contribution in [2.75, 3.05) is 13.2 Å². The topological polar surface area (TPSA) is 82.5 Å². The second-order valence-corrected chi connectivity index (χ2v) is 6.40. The lowest BCUT2D eigenvalue weighted by Gasteiger charge is -2.38. The van der Waals surface area contributed by atoms with Gasteiger partial charge >= 0.3 is 5.97 Å². The van der Waals surface area contributed by atoms with E-state index in [9.17, 15) is 9.59 Å². The summed E-state index contributed by atoms with van der Waals surface area (Å²) in [5, 5.41) is 8.33. The Labute approximate surface area is 161 Å². The van der Waals surface area contributed by atoms with Crippen LogP contribution in [0.4, 0.5) is 0 Å². The molecule has 0 unspecified atom stereocenters. The van der Waals surface area contributed by atoms with Gasteiger partial charge in [-0.25, -0.2) is 0 Å². The molecule has 9 heteroatoms. The Morgan fingerprint density at radius 2 is 1.54 bits per heavy atom. The van der Waals surface area contributed by atoms with Gasteiger partial charge in [-0.15, -0.1) is 0 Å². The molecule has 0 fully saturated rings. The zero-order chi connectivity index (χ0) is 20.0. The van der Waals surface area contributed by atoms with E-state index < -0.39 is 23.7 Å². The fourth-order valence-electron chi connectivity index (χ4n) is 2.43. The SMILES string of the molecule is [B]C([B])([B])N(CC(=O)OCC)C(=N)NC(=O)CCCCCCCCCC. The minimum absolute atomic E-state index is 0.178. The molecule has 0 bridgehead atoms. The molecular formula is C17H30B3N3O3. The molecule has 0 aliphatic heterocycles. The quantitative estimate of drug-likeness (QED) is 0.172. The minimum atomic E-state index is -1.96. The Hall–Kier alpha value is -1.40. The normalized spacial score (nSPS) is 11.0. The molecule has 0 aliphatic rings. The number of hydrogen-bond acceptors (Lipinski definition) is 4. The number of carbonyl (C=O) groups excluding carboxylic acids is 2. The maximum absolute atomic E-state index is 12.0. The van der Waals surface area contributed by atoms with Crippen LogP contribution in [0.5, 0.6) is 0 Å². The fourth-order valence-corrected chi connectivity index (χ4v) is 2.43. The number of esters is 1. The molecule has 0 atom stereocenters. The van der Waals surface area contributed by atoms with Gasteiger partial charge in [0.1, 0.15) is 6.54 Å². The number of ether oxygens (including phenoxy) is 1. The Balaban J connectivity index is 4.19. The molecule has 1 amide bonds. The van der Waals surface area contributed by atoms with Crippen LogP contribution in [0.25, 0.3) is 0 Å². The molecule has 26 heavy (non-hydrogen) atoms. The molecule has 6 nitrogen and oxygen atoms in total. The fraction of sp³-hybridized carbons (Fsp3) is 0.824. The Morgan fingerprint density at radius 1 is 1.00 bits per heavy atom. The number of carbonyl (C=O) groups is 2. The van der Waals surface area contributed by atoms with E-state index in [1.54, 1.807) is 6.92 Å². The van der Waals surface area contributed by atoms with Gasteiger partial charge in [-0.3, -0.25) is 20.3 Å². The lowest BCUT2D eigenvalue weighted by atomic mass is 9.48. The van der Waals surface area contributed by atoms with Gasteiger partial charge < -0.3 is 9.64 Å². The molecule has 140 valence electrons. The van der Waals surface area contributed by atoms with Gasteiger partial charge in [-0.2, -0.15) is 0 Å². The molecule has 0 saturated heterocycles. The van der Waals surface area contributed by atoms with E-state index >= 15 is 0 Å². The van der Waals surface area contributed by atoms with Crippen molar-refractivity contribution < 1.29 is 14.3 Å². The van der Waals surface area contributed by atoms with E-state index in [0.717, 1.165) is 24.2 Å². The summed E-state index contributed by atoms with van der Waals surface area (Å²) < 4.78 is 4.79. The molecule has 0 aromatic rings. The highest BCUT2D eigenvalue weighted by Crippen LogP contribution is 2.10. The number of rotatable bonds is 13. The number of nitrogens with one attached hydrogen (secondary N) is 2. The second-order valence-electron chi connectivity index (χ2n) is 6.40. The minimum Gasteiger partial charge on any atom is -0.465 e. The van der Waals surface area contributed by atoms with Crippen LogP contribution in [0.3, 0.4) is 0 Å². The number of hydrogen-bond donors (Lipinski definition) is 2. The molecule has 2 N–H and O–H groups in total. The third-order valence-corrected chi connectivity index (χ3v) is 3.85. The summed E-state index contributed by atoms with van der Waals surface area (Å²) in [6.45, 7) is 3.60. The molecule has 0 rings (SSSR count). The summed E-state index contributed by atoms with van der Waals surface area (Å²) in [7, 11) is 16.7. The van der Waals surface area contributed by atoms with Crippen molar-refractivity contribution in [3.8, 4) is 0 Å². The van der Waals surface area contributed by atoms with Crippen molar-refractivity contribution in [1.29, 1.82) is 5.41 Å². The van der Waals surface area contributed by atoms with Crippen LogP contribution in [0.2, 0.25) is 0 Å². The van der Waals surface area contributed by atoms with Gasteiger partial charge in [0.15, 0.2) is 5.96 Å². The van der Waals surface area contributed by atoms with Crippen molar-refractivity contribution in [3.63, 3.8) is 0 Å². The van der Waals surface area contributed by atoms with E-state index in [1.807, 2.05) is 0 Å².